The van der Waals surface area contributed by atoms with Gasteiger partial charge in [0, 0.05) is 32.0 Å². The van der Waals surface area contributed by atoms with Crippen molar-refractivity contribution in [3.63, 3.8) is 0 Å². The van der Waals surface area contributed by atoms with Crippen molar-refractivity contribution >= 4 is 11.6 Å². The summed E-state index contributed by atoms with van der Waals surface area (Å²) >= 11 is 0. The lowest BCUT2D eigenvalue weighted by Gasteiger charge is -2.19. The summed E-state index contributed by atoms with van der Waals surface area (Å²) in [5.41, 5.74) is 2.50. The van der Waals surface area contributed by atoms with E-state index in [0.29, 0.717) is 5.92 Å². The van der Waals surface area contributed by atoms with Gasteiger partial charge in [-0.3, -0.25) is 0 Å². The molecular formula is C20H30N4. The van der Waals surface area contributed by atoms with Gasteiger partial charge < -0.3 is 10.2 Å². The average Bonchev–Trinajstić information content (AvgIpc) is 2.61. The molecular weight excluding hydrogens is 296 g/mol. The summed E-state index contributed by atoms with van der Waals surface area (Å²) in [6.45, 7) is 11.6. The number of nitrogens with one attached hydrogen (secondary N) is 1. The van der Waals surface area contributed by atoms with Crippen LogP contribution in [0, 0.1) is 12.8 Å². The van der Waals surface area contributed by atoms with Gasteiger partial charge in [0.05, 0.1) is 0 Å². The van der Waals surface area contributed by atoms with Crippen LogP contribution in [0.15, 0.2) is 36.7 Å². The van der Waals surface area contributed by atoms with Crippen molar-refractivity contribution in [2.75, 3.05) is 29.9 Å². The molecule has 0 amide bonds. The van der Waals surface area contributed by atoms with E-state index in [4.69, 9.17) is 0 Å². The second kappa shape index (κ2) is 9.26. The Balaban J connectivity index is 1.76. The molecule has 1 unspecified atom stereocenters. The van der Waals surface area contributed by atoms with E-state index in [0.717, 1.165) is 44.1 Å². The number of hydrogen-bond acceptors (Lipinski definition) is 4. The molecule has 2 aromatic rings. The molecule has 4 heteroatoms. The van der Waals surface area contributed by atoms with Gasteiger partial charge in [-0.2, -0.15) is 0 Å². The van der Waals surface area contributed by atoms with Crippen LogP contribution in [0.2, 0.25) is 0 Å². The largest absolute Gasteiger partial charge is 0.370 e. The summed E-state index contributed by atoms with van der Waals surface area (Å²) in [4.78, 5) is 11.3. The van der Waals surface area contributed by atoms with Crippen LogP contribution in [-0.2, 0) is 6.42 Å². The van der Waals surface area contributed by atoms with E-state index in [2.05, 4.69) is 66.1 Å². The molecule has 130 valence electrons. The van der Waals surface area contributed by atoms with Gasteiger partial charge >= 0.3 is 0 Å². The van der Waals surface area contributed by atoms with Crippen LogP contribution in [0.4, 0.5) is 11.6 Å². The van der Waals surface area contributed by atoms with E-state index in [1.54, 1.807) is 0 Å². The number of rotatable bonds is 9. The number of hydrogen-bond donors (Lipinski definition) is 1. The van der Waals surface area contributed by atoms with Crippen LogP contribution in [-0.4, -0.2) is 29.6 Å². The van der Waals surface area contributed by atoms with E-state index in [-0.39, 0.29) is 0 Å². The molecule has 2 heterocycles. The summed E-state index contributed by atoms with van der Waals surface area (Å²) in [6.07, 6.45) is 6.13. The molecule has 0 radical (unpaired) electrons. The van der Waals surface area contributed by atoms with Gasteiger partial charge in [0.1, 0.15) is 11.6 Å². The molecule has 24 heavy (non-hydrogen) atoms. The molecule has 1 N–H and O–H groups in total. The molecule has 1 atom stereocenters. The van der Waals surface area contributed by atoms with Gasteiger partial charge in [-0.05, 0) is 62.8 Å². The number of anilines is 2. The van der Waals surface area contributed by atoms with Crippen LogP contribution in [0.3, 0.4) is 0 Å². The fourth-order valence-corrected chi connectivity index (χ4v) is 2.67. The molecule has 4 nitrogen and oxygen atoms in total. The average molecular weight is 326 g/mol. The van der Waals surface area contributed by atoms with E-state index in [1.165, 1.54) is 11.1 Å². The maximum Gasteiger partial charge on any atom is 0.128 e. The smallest absolute Gasteiger partial charge is 0.128 e. The highest BCUT2D eigenvalue weighted by molar-refractivity contribution is 5.39. The van der Waals surface area contributed by atoms with Gasteiger partial charge in [-0.25, -0.2) is 9.97 Å². The van der Waals surface area contributed by atoms with Crippen molar-refractivity contribution < 1.29 is 0 Å². The summed E-state index contributed by atoms with van der Waals surface area (Å²) in [7, 11) is 0. The van der Waals surface area contributed by atoms with Gasteiger partial charge in [0.2, 0.25) is 0 Å². The van der Waals surface area contributed by atoms with Gasteiger partial charge in [0.25, 0.3) is 0 Å². The zero-order chi connectivity index (χ0) is 17.4. The monoisotopic (exact) mass is 326 g/mol. The Morgan fingerprint density at radius 1 is 1.04 bits per heavy atom. The first-order valence-corrected chi connectivity index (χ1v) is 8.98. The number of aryl methyl sites for hydroxylation is 2. The van der Waals surface area contributed by atoms with Crippen LogP contribution in [0.1, 0.15) is 38.3 Å². The molecule has 0 bridgehead atoms. The van der Waals surface area contributed by atoms with Gasteiger partial charge in [-0.1, -0.05) is 19.1 Å². The highest BCUT2D eigenvalue weighted by Gasteiger charge is 2.06. The molecule has 0 aromatic carbocycles. The minimum Gasteiger partial charge on any atom is -0.370 e. The SMILES string of the molecule is CCN(CC)c1ccc(CCC(C)CNc2ccc(C)cn2)cn1. The molecule has 0 saturated carbocycles. The highest BCUT2D eigenvalue weighted by Crippen LogP contribution is 2.14. The Bertz CT molecular complexity index is 588. The van der Waals surface area contributed by atoms with Crippen molar-refractivity contribution in [3.05, 3.63) is 47.8 Å². The molecule has 0 aliphatic carbocycles. The van der Waals surface area contributed by atoms with Crippen molar-refractivity contribution in [2.45, 2.75) is 40.5 Å². The van der Waals surface area contributed by atoms with E-state index >= 15 is 0 Å². The normalized spacial score (nSPS) is 12.0. The predicted octanol–water partition coefficient (Wildman–Crippen LogP) is 4.31. The third-order valence-corrected chi connectivity index (χ3v) is 4.37. The second-order valence-corrected chi connectivity index (χ2v) is 6.44. The second-order valence-electron chi connectivity index (χ2n) is 6.44. The Morgan fingerprint density at radius 2 is 1.83 bits per heavy atom. The topological polar surface area (TPSA) is 41.0 Å². The van der Waals surface area contributed by atoms with Gasteiger partial charge in [0.15, 0.2) is 0 Å². The third kappa shape index (κ3) is 5.52. The quantitative estimate of drug-likeness (QED) is 0.745. The lowest BCUT2D eigenvalue weighted by atomic mass is 10.0. The highest BCUT2D eigenvalue weighted by atomic mass is 15.2. The Morgan fingerprint density at radius 3 is 2.42 bits per heavy atom. The van der Waals surface area contributed by atoms with Crippen LogP contribution < -0.4 is 10.2 Å². The predicted molar refractivity (Wildman–Crippen MR) is 103 cm³/mol. The van der Waals surface area contributed by atoms with E-state index < -0.39 is 0 Å². The molecule has 0 aliphatic heterocycles. The van der Waals surface area contributed by atoms with Crippen molar-refractivity contribution in [1.82, 2.24) is 9.97 Å². The minimum absolute atomic E-state index is 0.593. The van der Waals surface area contributed by atoms with E-state index in [1.807, 2.05) is 18.5 Å². The van der Waals surface area contributed by atoms with Crippen molar-refractivity contribution in [3.8, 4) is 0 Å². The number of pyridine rings is 2. The van der Waals surface area contributed by atoms with Crippen molar-refractivity contribution in [2.24, 2.45) is 5.92 Å². The maximum atomic E-state index is 4.60. The van der Waals surface area contributed by atoms with Crippen LogP contribution in [0.5, 0.6) is 0 Å². The summed E-state index contributed by atoms with van der Waals surface area (Å²) in [5.74, 6) is 2.62. The number of aromatic nitrogens is 2. The third-order valence-electron chi connectivity index (χ3n) is 4.37. The molecule has 0 saturated heterocycles. The first-order chi connectivity index (χ1) is 11.6. The Labute approximate surface area is 146 Å². The minimum atomic E-state index is 0.593. The standard InChI is InChI=1S/C20H30N4/c1-5-24(6-2)20-12-10-18(15-23-20)9-7-16(3)13-21-19-11-8-17(4)14-22-19/h8,10-12,14-16H,5-7,9,13H2,1-4H3,(H,21,22). The zero-order valence-corrected chi connectivity index (χ0v) is 15.4. The first kappa shape index (κ1) is 18.2. The summed E-state index contributed by atoms with van der Waals surface area (Å²) in [5, 5.41) is 3.41. The van der Waals surface area contributed by atoms with Crippen molar-refractivity contribution in [1.29, 1.82) is 0 Å². The lowest BCUT2D eigenvalue weighted by Crippen LogP contribution is -2.22. The summed E-state index contributed by atoms with van der Waals surface area (Å²) < 4.78 is 0. The molecule has 0 aliphatic rings. The zero-order valence-electron chi connectivity index (χ0n) is 15.4. The lowest BCUT2D eigenvalue weighted by molar-refractivity contribution is 0.558. The van der Waals surface area contributed by atoms with E-state index in [9.17, 15) is 0 Å². The first-order valence-electron chi connectivity index (χ1n) is 8.98. The maximum absolute atomic E-state index is 4.60. The van der Waals surface area contributed by atoms with Gasteiger partial charge in [-0.15, -0.1) is 0 Å². The fraction of sp³-hybridized carbons (Fsp3) is 0.500. The molecule has 2 rings (SSSR count). The Kier molecular flexibility index (Phi) is 7.04. The fourth-order valence-electron chi connectivity index (χ4n) is 2.67. The molecule has 0 spiro atoms. The number of nitrogens with zero attached hydrogens (tertiary/aromatic N) is 3. The Hall–Kier alpha value is -2.10. The summed E-state index contributed by atoms with van der Waals surface area (Å²) in [6, 6.07) is 8.48. The van der Waals surface area contributed by atoms with Crippen LogP contribution in [0.25, 0.3) is 0 Å². The molecule has 0 fully saturated rings. The molecule has 2 aromatic heterocycles. The van der Waals surface area contributed by atoms with Crippen LogP contribution >= 0.6 is 0 Å².